The topological polar surface area (TPSA) is 52.7 Å². The van der Waals surface area contributed by atoms with Crippen molar-refractivity contribution in [1.29, 1.82) is 0 Å². The van der Waals surface area contributed by atoms with Gasteiger partial charge in [0, 0.05) is 25.6 Å². The summed E-state index contributed by atoms with van der Waals surface area (Å²) in [4.78, 5) is 27.8. The predicted molar refractivity (Wildman–Crippen MR) is 74.2 cm³/mol. The first-order valence-electron chi connectivity index (χ1n) is 7.02. The summed E-state index contributed by atoms with van der Waals surface area (Å²) in [5, 5.41) is 3.27. The van der Waals surface area contributed by atoms with Gasteiger partial charge in [-0.15, -0.1) is 12.4 Å². The molecule has 2 heterocycles. The van der Waals surface area contributed by atoms with Crippen molar-refractivity contribution in [1.82, 2.24) is 15.1 Å². The Morgan fingerprint density at radius 1 is 1.26 bits per heavy atom. The van der Waals surface area contributed by atoms with Gasteiger partial charge >= 0.3 is 0 Å². The Labute approximate surface area is 120 Å². The van der Waals surface area contributed by atoms with Crippen LogP contribution in [0.2, 0.25) is 0 Å². The van der Waals surface area contributed by atoms with Crippen molar-refractivity contribution in [2.45, 2.75) is 31.7 Å². The maximum absolute atomic E-state index is 12.1. The second-order valence-corrected chi connectivity index (χ2v) is 5.70. The molecular weight excluding hydrogens is 266 g/mol. The van der Waals surface area contributed by atoms with Crippen LogP contribution in [0.15, 0.2) is 0 Å². The van der Waals surface area contributed by atoms with Crippen molar-refractivity contribution in [2.75, 3.05) is 32.7 Å². The monoisotopic (exact) mass is 287 g/mol. The molecule has 1 aliphatic carbocycles. The molecule has 0 radical (unpaired) electrons. The van der Waals surface area contributed by atoms with Crippen molar-refractivity contribution in [3.05, 3.63) is 0 Å². The van der Waals surface area contributed by atoms with E-state index in [1.807, 2.05) is 4.90 Å². The lowest BCUT2D eigenvalue weighted by Crippen LogP contribution is -2.53. The summed E-state index contributed by atoms with van der Waals surface area (Å²) in [6.45, 7) is 3.73. The minimum Gasteiger partial charge on any atom is -0.336 e. The second-order valence-electron chi connectivity index (χ2n) is 5.70. The van der Waals surface area contributed by atoms with Crippen LogP contribution < -0.4 is 5.32 Å². The highest BCUT2D eigenvalue weighted by molar-refractivity contribution is 5.86. The summed E-state index contributed by atoms with van der Waals surface area (Å²) < 4.78 is 0. The van der Waals surface area contributed by atoms with E-state index >= 15 is 0 Å². The number of halogens is 1. The molecule has 6 heteroatoms. The van der Waals surface area contributed by atoms with E-state index in [1.54, 1.807) is 4.90 Å². The Kier molecular flexibility index (Phi) is 4.68. The molecule has 1 saturated carbocycles. The highest BCUT2D eigenvalue weighted by atomic mass is 35.5. The zero-order valence-electron chi connectivity index (χ0n) is 11.1. The molecule has 2 amide bonds. The Morgan fingerprint density at radius 3 is 2.63 bits per heavy atom. The molecule has 108 valence electrons. The number of carbonyl (C=O) groups excluding carboxylic acids is 2. The van der Waals surface area contributed by atoms with Crippen LogP contribution in [-0.4, -0.2) is 60.4 Å². The van der Waals surface area contributed by atoms with Gasteiger partial charge in [-0.25, -0.2) is 0 Å². The highest BCUT2D eigenvalue weighted by Gasteiger charge is 2.37. The Bertz CT molecular complexity index is 354. The van der Waals surface area contributed by atoms with Crippen LogP contribution in [0, 0.1) is 5.92 Å². The first-order valence-corrected chi connectivity index (χ1v) is 7.02. The van der Waals surface area contributed by atoms with E-state index in [9.17, 15) is 9.59 Å². The number of nitrogens with one attached hydrogen (secondary N) is 1. The molecule has 1 N–H and O–H groups in total. The summed E-state index contributed by atoms with van der Waals surface area (Å²) in [5.41, 5.74) is 0. The molecule has 3 rings (SSSR count). The maximum Gasteiger partial charge on any atom is 0.242 e. The van der Waals surface area contributed by atoms with Crippen LogP contribution in [0.3, 0.4) is 0 Å². The van der Waals surface area contributed by atoms with E-state index in [0.29, 0.717) is 24.9 Å². The quantitative estimate of drug-likeness (QED) is 0.809. The first-order chi connectivity index (χ1) is 8.74. The fourth-order valence-electron chi connectivity index (χ4n) is 2.94. The molecular formula is C13H22ClN3O2. The van der Waals surface area contributed by atoms with Gasteiger partial charge in [-0.1, -0.05) is 0 Å². The number of nitrogens with zero attached hydrogens (tertiary/aromatic N) is 2. The van der Waals surface area contributed by atoms with E-state index in [2.05, 4.69) is 5.32 Å². The fraction of sp³-hybridized carbons (Fsp3) is 0.846. The van der Waals surface area contributed by atoms with Crippen molar-refractivity contribution in [3.8, 4) is 0 Å². The first kappa shape index (κ1) is 14.6. The standard InChI is InChI=1S/C13H21N3O2.ClH/c17-12(7-10-3-4-14-8-10)15-5-6-16(11-1-2-11)13(18)9-15;/h10-11,14H,1-9H2;1H. The van der Waals surface area contributed by atoms with Gasteiger partial charge in [-0.2, -0.15) is 0 Å². The molecule has 5 nitrogen and oxygen atoms in total. The number of carbonyl (C=O) groups is 2. The molecule has 2 saturated heterocycles. The third-order valence-corrected chi connectivity index (χ3v) is 4.22. The molecule has 0 spiro atoms. The van der Waals surface area contributed by atoms with Gasteiger partial charge in [0.2, 0.25) is 11.8 Å². The van der Waals surface area contributed by atoms with E-state index in [-0.39, 0.29) is 24.2 Å². The summed E-state index contributed by atoms with van der Waals surface area (Å²) in [6, 6.07) is 0.480. The van der Waals surface area contributed by atoms with Gasteiger partial charge in [0.1, 0.15) is 0 Å². The van der Waals surface area contributed by atoms with Crippen molar-refractivity contribution in [2.24, 2.45) is 5.92 Å². The van der Waals surface area contributed by atoms with Crippen molar-refractivity contribution < 1.29 is 9.59 Å². The Balaban J connectivity index is 0.00000133. The van der Waals surface area contributed by atoms with E-state index in [0.717, 1.165) is 45.4 Å². The zero-order valence-corrected chi connectivity index (χ0v) is 12.0. The average Bonchev–Trinajstić information content (AvgIpc) is 3.07. The minimum atomic E-state index is 0. The highest BCUT2D eigenvalue weighted by Crippen LogP contribution is 2.28. The summed E-state index contributed by atoms with van der Waals surface area (Å²) in [5.74, 6) is 0.767. The molecule has 2 aliphatic heterocycles. The Hall–Kier alpha value is -0.810. The fourth-order valence-corrected chi connectivity index (χ4v) is 2.94. The average molecular weight is 288 g/mol. The third-order valence-electron chi connectivity index (χ3n) is 4.22. The SMILES string of the molecule is Cl.O=C(CC1CCNC1)N1CCN(C2CC2)C(=O)C1. The zero-order chi connectivity index (χ0) is 12.5. The van der Waals surface area contributed by atoms with Gasteiger partial charge in [-0.05, 0) is 38.3 Å². The minimum absolute atomic E-state index is 0. The summed E-state index contributed by atoms with van der Waals surface area (Å²) in [6.07, 6.45) is 3.98. The van der Waals surface area contributed by atoms with Gasteiger partial charge in [0.25, 0.3) is 0 Å². The lowest BCUT2D eigenvalue weighted by atomic mass is 10.0. The van der Waals surface area contributed by atoms with Gasteiger partial charge < -0.3 is 15.1 Å². The smallest absolute Gasteiger partial charge is 0.242 e. The van der Waals surface area contributed by atoms with Crippen LogP contribution in [0.5, 0.6) is 0 Å². The number of piperazine rings is 1. The molecule has 0 aromatic rings. The molecule has 0 aromatic heterocycles. The van der Waals surface area contributed by atoms with Crippen molar-refractivity contribution in [3.63, 3.8) is 0 Å². The van der Waals surface area contributed by atoms with Crippen LogP contribution in [0.1, 0.15) is 25.7 Å². The van der Waals surface area contributed by atoms with Crippen LogP contribution in [0.4, 0.5) is 0 Å². The maximum atomic E-state index is 12.1. The molecule has 0 aromatic carbocycles. The number of amides is 2. The van der Waals surface area contributed by atoms with Crippen LogP contribution in [-0.2, 0) is 9.59 Å². The van der Waals surface area contributed by atoms with E-state index in [4.69, 9.17) is 0 Å². The lowest BCUT2D eigenvalue weighted by Gasteiger charge is -2.34. The van der Waals surface area contributed by atoms with Gasteiger partial charge in [0.05, 0.1) is 6.54 Å². The number of hydrogen-bond acceptors (Lipinski definition) is 3. The third kappa shape index (κ3) is 3.39. The summed E-state index contributed by atoms with van der Waals surface area (Å²) >= 11 is 0. The molecule has 3 aliphatic rings. The largest absolute Gasteiger partial charge is 0.336 e. The lowest BCUT2D eigenvalue weighted by molar-refractivity contribution is -0.146. The van der Waals surface area contributed by atoms with Crippen LogP contribution in [0.25, 0.3) is 0 Å². The molecule has 3 fully saturated rings. The summed E-state index contributed by atoms with van der Waals surface area (Å²) in [7, 11) is 0. The van der Waals surface area contributed by atoms with Crippen molar-refractivity contribution >= 4 is 24.2 Å². The molecule has 0 bridgehead atoms. The van der Waals surface area contributed by atoms with E-state index < -0.39 is 0 Å². The Morgan fingerprint density at radius 2 is 2.05 bits per heavy atom. The normalized spacial score (nSPS) is 27.4. The number of rotatable bonds is 3. The molecule has 1 atom stereocenters. The molecule has 19 heavy (non-hydrogen) atoms. The van der Waals surface area contributed by atoms with Gasteiger partial charge in [0.15, 0.2) is 0 Å². The second kappa shape index (κ2) is 6.09. The predicted octanol–water partition coefficient (Wildman–Crippen LogP) is 0.241. The van der Waals surface area contributed by atoms with Gasteiger partial charge in [-0.3, -0.25) is 9.59 Å². The number of hydrogen-bond donors (Lipinski definition) is 1. The van der Waals surface area contributed by atoms with E-state index in [1.165, 1.54) is 0 Å². The van der Waals surface area contributed by atoms with Crippen LogP contribution >= 0.6 is 12.4 Å². The molecule has 1 unspecified atom stereocenters.